The van der Waals surface area contributed by atoms with E-state index in [0.717, 1.165) is 9.75 Å². The number of rotatable bonds is 10. The molecule has 41 heavy (non-hydrogen) atoms. The highest BCUT2D eigenvalue weighted by Crippen LogP contribution is 2.43. The summed E-state index contributed by atoms with van der Waals surface area (Å²) in [6.45, 7) is 10.4. The maximum Gasteiger partial charge on any atom is 0.573 e. The predicted octanol–water partition coefficient (Wildman–Crippen LogP) is 7.10. The van der Waals surface area contributed by atoms with E-state index in [1.54, 1.807) is 13.8 Å². The van der Waals surface area contributed by atoms with Gasteiger partial charge in [-0.1, -0.05) is 0 Å². The second kappa shape index (κ2) is 11.4. The number of halogens is 3. The maximum absolute atomic E-state index is 12.6. The number of carboxylic acids is 1. The summed E-state index contributed by atoms with van der Waals surface area (Å²) in [6, 6.07) is 5.32. The fourth-order valence-electron chi connectivity index (χ4n) is 4.14. The van der Waals surface area contributed by atoms with E-state index in [9.17, 15) is 23.1 Å². The minimum absolute atomic E-state index is 0.134. The molecular formula is C28H28F3N3O6S. The van der Waals surface area contributed by atoms with Gasteiger partial charge in [-0.2, -0.15) is 0 Å². The summed E-state index contributed by atoms with van der Waals surface area (Å²) in [4.78, 5) is 26.6. The van der Waals surface area contributed by atoms with Crippen molar-refractivity contribution in [2.45, 2.75) is 66.0 Å². The Labute approximate surface area is 238 Å². The van der Waals surface area contributed by atoms with Gasteiger partial charge in [0, 0.05) is 38.8 Å². The zero-order valence-electron chi connectivity index (χ0n) is 23.1. The third-order valence-electron chi connectivity index (χ3n) is 5.97. The number of carboxylic acid groups (broad SMARTS) is 1. The summed E-state index contributed by atoms with van der Waals surface area (Å²) in [5.41, 5.74) is 0.583. The van der Waals surface area contributed by atoms with Crippen LogP contribution in [0.3, 0.4) is 0 Å². The van der Waals surface area contributed by atoms with Crippen LogP contribution in [0.25, 0.3) is 22.6 Å². The molecule has 0 saturated heterocycles. The number of aryl methyl sites for hydroxylation is 2. The Morgan fingerprint density at radius 3 is 2.24 bits per heavy atom. The highest BCUT2D eigenvalue weighted by Gasteiger charge is 2.36. The van der Waals surface area contributed by atoms with Gasteiger partial charge in [0.25, 0.3) is 0 Å². The zero-order chi connectivity index (χ0) is 30.1. The Hall–Kier alpha value is -4.13. The Balaban J connectivity index is 1.70. The predicted molar refractivity (Wildman–Crippen MR) is 144 cm³/mol. The van der Waals surface area contributed by atoms with E-state index in [2.05, 4.69) is 19.7 Å². The van der Waals surface area contributed by atoms with Crippen molar-refractivity contribution in [1.82, 2.24) is 15.0 Å². The third-order valence-corrected chi connectivity index (χ3v) is 6.97. The number of aliphatic carboxylic acids is 1. The van der Waals surface area contributed by atoms with Crippen LogP contribution in [0.2, 0.25) is 0 Å². The Bertz CT molecular complexity index is 1530. The highest BCUT2D eigenvalue weighted by atomic mass is 32.1. The van der Waals surface area contributed by atoms with Gasteiger partial charge >= 0.3 is 18.3 Å². The Kier molecular flexibility index (Phi) is 8.29. The van der Waals surface area contributed by atoms with E-state index >= 15 is 0 Å². The normalized spacial score (nSPS) is 12.0. The molecule has 0 radical (unpaired) electrons. The first kappa shape index (κ1) is 29.8. The van der Waals surface area contributed by atoms with Gasteiger partial charge in [0.15, 0.2) is 12.4 Å². The third kappa shape index (κ3) is 6.79. The average Bonchev–Trinajstić information content (AvgIpc) is 3.42. The molecule has 0 aliphatic heterocycles. The molecular weight excluding hydrogens is 563 g/mol. The molecule has 9 nitrogen and oxygen atoms in total. The lowest BCUT2D eigenvalue weighted by molar-refractivity contribution is -0.274. The minimum atomic E-state index is -4.83. The largest absolute Gasteiger partial charge is 0.573 e. The first-order valence-electron chi connectivity index (χ1n) is 12.5. The van der Waals surface area contributed by atoms with Crippen molar-refractivity contribution in [1.29, 1.82) is 0 Å². The standard InChI is InChI=1S/C28H28F3N3O6S/c1-14(2)38-26-32-11-18(12-33-26)22-24(17-7-9-19(10-8-17)40-28(29,30)31)39-20(34-22)13-37-23-16(4)41-15(3)21(23)27(5,6)25(35)36/h7-12,14H,13H2,1-6H3,(H,35,36). The van der Waals surface area contributed by atoms with E-state index in [-0.39, 0.29) is 36.1 Å². The molecule has 0 fully saturated rings. The Morgan fingerprint density at radius 1 is 1.05 bits per heavy atom. The molecule has 0 saturated carbocycles. The van der Waals surface area contributed by atoms with E-state index < -0.39 is 17.7 Å². The van der Waals surface area contributed by atoms with Crippen LogP contribution in [-0.4, -0.2) is 38.5 Å². The number of hydrogen-bond donors (Lipinski definition) is 1. The van der Waals surface area contributed by atoms with Gasteiger partial charge in [0.1, 0.15) is 17.2 Å². The van der Waals surface area contributed by atoms with Crippen molar-refractivity contribution in [3.05, 3.63) is 57.9 Å². The number of thiophene rings is 1. The van der Waals surface area contributed by atoms with Gasteiger partial charge in [0.2, 0.25) is 5.89 Å². The molecule has 0 aliphatic carbocycles. The van der Waals surface area contributed by atoms with Crippen LogP contribution in [-0.2, 0) is 16.8 Å². The smallest absolute Gasteiger partial charge is 0.482 e. The summed E-state index contributed by atoms with van der Waals surface area (Å²) in [6.07, 6.45) is -1.97. The lowest BCUT2D eigenvalue weighted by atomic mass is 9.84. The summed E-state index contributed by atoms with van der Waals surface area (Å²) < 4.78 is 59.5. The number of benzene rings is 1. The lowest BCUT2D eigenvalue weighted by Crippen LogP contribution is -2.29. The first-order chi connectivity index (χ1) is 19.2. The molecule has 1 N–H and O–H groups in total. The van der Waals surface area contributed by atoms with Crippen molar-refractivity contribution in [2.75, 3.05) is 0 Å². The number of alkyl halides is 3. The molecule has 13 heteroatoms. The van der Waals surface area contributed by atoms with Crippen molar-refractivity contribution in [3.8, 4) is 40.1 Å². The van der Waals surface area contributed by atoms with Gasteiger partial charge in [-0.3, -0.25) is 4.79 Å². The number of oxazole rings is 1. The van der Waals surface area contributed by atoms with Gasteiger partial charge in [-0.05, 0) is 65.8 Å². The molecule has 0 aliphatic rings. The quantitative estimate of drug-likeness (QED) is 0.206. The zero-order valence-corrected chi connectivity index (χ0v) is 23.9. The van der Waals surface area contributed by atoms with Crippen LogP contribution in [0.4, 0.5) is 13.2 Å². The van der Waals surface area contributed by atoms with Gasteiger partial charge in [0.05, 0.1) is 11.5 Å². The summed E-state index contributed by atoms with van der Waals surface area (Å²) >= 11 is 1.43. The van der Waals surface area contributed by atoms with Crippen LogP contribution in [0.1, 0.15) is 48.9 Å². The molecule has 4 rings (SSSR count). The minimum Gasteiger partial charge on any atom is -0.482 e. The molecule has 4 aromatic rings. The lowest BCUT2D eigenvalue weighted by Gasteiger charge is -2.21. The molecule has 0 bridgehead atoms. The number of ether oxygens (including phenoxy) is 3. The molecule has 1 aromatic carbocycles. The molecule has 0 atom stereocenters. The second-order valence-electron chi connectivity index (χ2n) is 9.92. The van der Waals surface area contributed by atoms with E-state index in [1.165, 1.54) is 48.0 Å². The summed E-state index contributed by atoms with van der Waals surface area (Å²) in [5, 5.41) is 9.81. The molecule has 3 heterocycles. The SMILES string of the molecule is Cc1sc(C)c(C(C)(C)C(=O)O)c1OCc1nc(-c2cnc(OC(C)C)nc2)c(-c2ccc(OC(F)(F)F)cc2)o1. The number of hydrogen-bond acceptors (Lipinski definition) is 9. The monoisotopic (exact) mass is 591 g/mol. The van der Waals surface area contributed by atoms with Crippen LogP contribution in [0, 0.1) is 13.8 Å². The van der Waals surface area contributed by atoms with Gasteiger partial charge in [-0.15, -0.1) is 24.5 Å². The molecule has 218 valence electrons. The van der Waals surface area contributed by atoms with Crippen molar-refractivity contribution >= 4 is 17.3 Å². The first-order valence-corrected chi connectivity index (χ1v) is 13.3. The number of carbonyl (C=O) groups is 1. The molecule has 0 amide bonds. The van der Waals surface area contributed by atoms with Crippen molar-refractivity contribution in [2.24, 2.45) is 0 Å². The molecule has 0 spiro atoms. The van der Waals surface area contributed by atoms with Crippen molar-refractivity contribution < 1.29 is 41.7 Å². The molecule has 0 unspecified atom stereocenters. The average molecular weight is 592 g/mol. The van der Waals surface area contributed by atoms with Crippen LogP contribution < -0.4 is 14.2 Å². The second-order valence-corrected chi connectivity index (χ2v) is 11.3. The van der Waals surface area contributed by atoms with Crippen molar-refractivity contribution in [3.63, 3.8) is 0 Å². The summed E-state index contributed by atoms with van der Waals surface area (Å²) in [7, 11) is 0. The van der Waals surface area contributed by atoms with Crippen LogP contribution >= 0.6 is 11.3 Å². The maximum atomic E-state index is 12.6. The van der Waals surface area contributed by atoms with Gasteiger partial charge < -0.3 is 23.7 Å². The fraction of sp³-hybridized carbons (Fsp3) is 0.357. The number of aromatic nitrogens is 3. The number of nitrogens with zero attached hydrogens (tertiary/aromatic N) is 3. The topological polar surface area (TPSA) is 117 Å². The van der Waals surface area contributed by atoms with Crippen LogP contribution in [0.5, 0.6) is 17.5 Å². The Morgan fingerprint density at radius 2 is 1.68 bits per heavy atom. The molecule has 3 aromatic heterocycles. The van der Waals surface area contributed by atoms with E-state index in [0.29, 0.717) is 28.1 Å². The van der Waals surface area contributed by atoms with Crippen LogP contribution in [0.15, 0.2) is 41.1 Å². The summed E-state index contributed by atoms with van der Waals surface area (Å²) in [5.74, 6) is -0.551. The van der Waals surface area contributed by atoms with E-state index in [4.69, 9.17) is 13.9 Å². The van der Waals surface area contributed by atoms with Gasteiger partial charge in [-0.25, -0.2) is 15.0 Å². The van der Waals surface area contributed by atoms with E-state index in [1.807, 2.05) is 27.7 Å². The highest BCUT2D eigenvalue weighted by molar-refractivity contribution is 7.12. The fourth-order valence-corrected chi connectivity index (χ4v) is 5.30.